The van der Waals surface area contributed by atoms with Crippen molar-refractivity contribution < 1.29 is 5.11 Å². The maximum atomic E-state index is 9.48. The predicted molar refractivity (Wildman–Crippen MR) is 72.6 cm³/mol. The van der Waals surface area contributed by atoms with Gasteiger partial charge >= 0.3 is 6.01 Å². The van der Waals surface area contributed by atoms with Crippen LogP contribution in [0.3, 0.4) is 0 Å². The summed E-state index contributed by atoms with van der Waals surface area (Å²) < 4.78 is 0. The second kappa shape index (κ2) is 6.46. The lowest BCUT2D eigenvalue weighted by Crippen LogP contribution is -2.23. The zero-order valence-corrected chi connectivity index (χ0v) is 10.4. The number of nitrogens with zero attached hydrogens (tertiary/aromatic N) is 3. The summed E-state index contributed by atoms with van der Waals surface area (Å²) in [6.07, 6.45) is 2.23. The molecule has 6 heteroatoms. The molecule has 0 fully saturated rings. The predicted octanol–water partition coefficient (Wildman–Crippen LogP) is 1.27. The van der Waals surface area contributed by atoms with Crippen molar-refractivity contribution in [1.29, 1.82) is 0 Å². The topological polar surface area (TPSA) is 83.0 Å². The molecule has 0 unspecified atom stereocenters. The maximum absolute atomic E-state index is 9.48. The van der Waals surface area contributed by atoms with E-state index in [1.54, 1.807) is 6.08 Å². The number of nitrogens with one attached hydrogen (secondary N) is 2. The first-order chi connectivity index (χ1) is 9.28. The van der Waals surface area contributed by atoms with E-state index in [0.29, 0.717) is 18.8 Å². The highest BCUT2D eigenvalue weighted by atomic mass is 16.3. The minimum Gasteiger partial charge on any atom is -0.479 e. The van der Waals surface area contributed by atoms with Crippen molar-refractivity contribution in [2.75, 3.05) is 12.0 Å². The highest BCUT2D eigenvalue weighted by Gasteiger charge is 2.05. The number of aromatic nitrogens is 3. The van der Waals surface area contributed by atoms with Gasteiger partial charge in [0.2, 0.25) is 5.95 Å². The number of hydrogen-bond acceptors (Lipinski definition) is 6. The van der Waals surface area contributed by atoms with Crippen molar-refractivity contribution >= 4 is 5.95 Å². The second-order valence-corrected chi connectivity index (χ2v) is 3.83. The molecule has 98 valence electrons. The Hall–Kier alpha value is -2.47. The van der Waals surface area contributed by atoms with Gasteiger partial charge in [0.1, 0.15) is 5.82 Å². The minimum absolute atomic E-state index is 0.278. The van der Waals surface area contributed by atoms with Crippen LogP contribution in [0.15, 0.2) is 43.0 Å². The molecule has 0 aliphatic rings. The van der Waals surface area contributed by atoms with Crippen LogP contribution in [0.5, 0.6) is 6.01 Å². The molecule has 0 amide bonds. The molecule has 19 heavy (non-hydrogen) atoms. The Balaban J connectivity index is 2.10. The summed E-state index contributed by atoms with van der Waals surface area (Å²) in [6, 6.07) is 9.49. The van der Waals surface area contributed by atoms with Gasteiger partial charge in [-0.25, -0.2) is 5.43 Å². The molecule has 0 spiro atoms. The lowest BCUT2D eigenvalue weighted by Gasteiger charge is -2.06. The Labute approximate surface area is 111 Å². The molecule has 2 rings (SSSR count). The number of anilines is 1. The summed E-state index contributed by atoms with van der Waals surface area (Å²) in [5, 5.41) is 9.48. The molecule has 0 radical (unpaired) electrons. The number of hydrazine groups is 1. The number of aromatic hydroxyl groups is 1. The zero-order valence-electron chi connectivity index (χ0n) is 10.4. The van der Waals surface area contributed by atoms with E-state index >= 15 is 0 Å². The van der Waals surface area contributed by atoms with Crippen molar-refractivity contribution in [2.24, 2.45) is 0 Å². The fraction of sp³-hybridized carbons (Fsp3) is 0.154. The van der Waals surface area contributed by atoms with E-state index in [0.717, 1.165) is 5.56 Å². The maximum Gasteiger partial charge on any atom is 0.319 e. The van der Waals surface area contributed by atoms with E-state index < -0.39 is 0 Å². The van der Waals surface area contributed by atoms with Gasteiger partial charge in [0.15, 0.2) is 0 Å². The fourth-order valence-electron chi connectivity index (χ4n) is 1.52. The van der Waals surface area contributed by atoms with Crippen LogP contribution in [0.1, 0.15) is 11.4 Å². The number of hydrogen-bond donors (Lipinski definition) is 3. The average Bonchev–Trinajstić information content (AvgIpc) is 2.39. The van der Waals surface area contributed by atoms with Gasteiger partial charge in [0.25, 0.3) is 0 Å². The second-order valence-electron chi connectivity index (χ2n) is 3.83. The molecule has 2 aromatic rings. The Morgan fingerprint density at radius 2 is 1.95 bits per heavy atom. The molecular weight excluding hydrogens is 242 g/mol. The smallest absolute Gasteiger partial charge is 0.319 e. The molecule has 0 bridgehead atoms. The first kappa shape index (κ1) is 13.0. The molecule has 6 nitrogen and oxygen atoms in total. The van der Waals surface area contributed by atoms with Crippen LogP contribution in [0.25, 0.3) is 0 Å². The van der Waals surface area contributed by atoms with Crippen molar-refractivity contribution in [1.82, 2.24) is 20.4 Å². The number of rotatable bonds is 6. The first-order valence-electron chi connectivity index (χ1n) is 5.85. The van der Waals surface area contributed by atoms with E-state index in [9.17, 15) is 5.11 Å². The van der Waals surface area contributed by atoms with E-state index in [1.807, 2.05) is 30.3 Å². The Morgan fingerprint density at radius 1 is 1.16 bits per heavy atom. The lowest BCUT2D eigenvalue weighted by molar-refractivity contribution is 0.425. The Bertz CT molecular complexity index is 544. The molecule has 1 aromatic heterocycles. The van der Waals surface area contributed by atoms with Gasteiger partial charge in [-0.3, -0.25) is 5.43 Å². The third-order valence-electron chi connectivity index (χ3n) is 2.32. The van der Waals surface area contributed by atoms with Crippen LogP contribution in [-0.2, 0) is 6.42 Å². The van der Waals surface area contributed by atoms with E-state index in [4.69, 9.17) is 0 Å². The molecular formula is C13H15N5O. The summed E-state index contributed by atoms with van der Waals surface area (Å²) in [5.41, 5.74) is 6.67. The molecule has 0 atom stereocenters. The van der Waals surface area contributed by atoms with Crippen LogP contribution in [-0.4, -0.2) is 26.6 Å². The molecule has 1 aromatic carbocycles. The van der Waals surface area contributed by atoms with Crippen LogP contribution in [0, 0.1) is 0 Å². The summed E-state index contributed by atoms with van der Waals surface area (Å²) >= 11 is 0. The highest BCUT2D eigenvalue weighted by Crippen LogP contribution is 2.09. The Morgan fingerprint density at radius 3 is 2.68 bits per heavy atom. The van der Waals surface area contributed by atoms with Gasteiger partial charge in [0, 0.05) is 13.0 Å². The summed E-state index contributed by atoms with van der Waals surface area (Å²) in [7, 11) is 0. The standard InChI is InChI=1S/C13H15N5O/c1-2-8-14-18-12-15-11(16-13(19)17-12)9-10-6-4-3-5-7-10/h2-7,14H,1,8-9H2,(H2,15,16,17,18,19). The van der Waals surface area contributed by atoms with Crippen LogP contribution in [0.2, 0.25) is 0 Å². The molecule has 1 heterocycles. The summed E-state index contributed by atoms with van der Waals surface area (Å²) in [5.74, 6) is 0.780. The van der Waals surface area contributed by atoms with Gasteiger partial charge in [-0.1, -0.05) is 36.4 Å². The monoisotopic (exact) mass is 257 g/mol. The van der Waals surface area contributed by atoms with Crippen molar-refractivity contribution in [3.63, 3.8) is 0 Å². The summed E-state index contributed by atoms with van der Waals surface area (Å²) in [6.45, 7) is 4.13. The molecule has 0 saturated heterocycles. The van der Waals surface area contributed by atoms with Crippen molar-refractivity contribution in [3.8, 4) is 6.01 Å². The summed E-state index contributed by atoms with van der Waals surface area (Å²) in [4.78, 5) is 11.9. The SMILES string of the molecule is C=CCNNc1nc(O)nc(Cc2ccccc2)n1. The largest absolute Gasteiger partial charge is 0.479 e. The molecule has 0 aliphatic heterocycles. The van der Waals surface area contributed by atoms with Gasteiger partial charge in [-0.15, -0.1) is 6.58 Å². The van der Waals surface area contributed by atoms with E-state index in [-0.39, 0.29) is 12.0 Å². The van der Waals surface area contributed by atoms with Crippen LogP contribution in [0.4, 0.5) is 5.95 Å². The first-order valence-corrected chi connectivity index (χ1v) is 5.85. The van der Waals surface area contributed by atoms with Gasteiger partial charge in [-0.05, 0) is 5.56 Å². The van der Waals surface area contributed by atoms with E-state index in [1.165, 1.54) is 0 Å². The average molecular weight is 257 g/mol. The fourth-order valence-corrected chi connectivity index (χ4v) is 1.52. The molecule has 0 aliphatic carbocycles. The quantitative estimate of drug-likeness (QED) is 0.410. The molecule has 0 saturated carbocycles. The third-order valence-corrected chi connectivity index (χ3v) is 2.32. The third kappa shape index (κ3) is 4.04. The minimum atomic E-state index is -0.302. The Kier molecular flexibility index (Phi) is 4.41. The molecule has 3 N–H and O–H groups in total. The lowest BCUT2D eigenvalue weighted by atomic mass is 10.1. The van der Waals surface area contributed by atoms with Crippen molar-refractivity contribution in [3.05, 3.63) is 54.4 Å². The zero-order chi connectivity index (χ0) is 13.5. The van der Waals surface area contributed by atoms with E-state index in [2.05, 4.69) is 32.4 Å². The van der Waals surface area contributed by atoms with Gasteiger partial charge in [-0.2, -0.15) is 15.0 Å². The normalized spacial score (nSPS) is 10.1. The van der Waals surface area contributed by atoms with Crippen molar-refractivity contribution in [2.45, 2.75) is 6.42 Å². The van der Waals surface area contributed by atoms with Crippen LogP contribution < -0.4 is 10.9 Å². The van der Waals surface area contributed by atoms with Crippen LogP contribution >= 0.6 is 0 Å². The van der Waals surface area contributed by atoms with Gasteiger partial charge < -0.3 is 5.11 Å². The van der Waals surface area contributed by atoms with Gasteiger partial charge in [0.05, 0.1) is 0 Å². The number of benzene rings is 1. The highest BCUT2D eigenvalue weighted by molar-refractivity contribution is 5.26.